The number of methoxy groups -OCH3 is 1. The zero-order valence-electron chi connectivity index (χ0n) is 19.6. The van der Waals surface area contributed by atoms with Crippen molar-refractivity contribution >= 4 is 45.4 Å². The van der Waals surface area contributed by atoms with Crippen LogP contribution in [0.1, 0.15) is 15.9 Å². The molecule has 5 aromatic rings. The van der Waals surface area contributed by atoms with Crippen molar-refractivity contribution < 1.29 is 14.3 Å². The molecule has 0 aliphatic rings. The van der Waals surface area contributed by atoms with Crippen LogP contribution in [0.4, 0.5) is 5.69 Å². The fourth-order valence-electron chi connectivity index (χ4n) is 4.17. The quantitative estimate of drug-likeness (QED) is 0.250. The van der Waals surface area contributed by atoms with Crippen LogP contribution in [-0.4, -0.2) is 29.7 Å². The first-order valence-corrected chi connectivity index (χ1v) is 11.5. The maximum Gasteiger partial charge on any atom is 0.275 e. The van der Waals surface area contributed by atoms with Gasteiger partial charge in [-0.2, -0.15) is 5.10 Å². The summed E-state index contributed by atoms with van der Waals surface area (Å²) in [5.74, 6) is -0.0376. The predicted octanol–water partition coefficient (Wildman–Crippen LogP) is 5.21. The predicted molar refractivity (Wildman–Crippen MR) is 143 cm³/mol. The standard InChI is InChI=1S/C29H24N4O3/c1-36-27-16-21-10-6-5-9-20(21)15-25(27)29(35)32-30-17-22-18-33(26-14-8-7-13-24(22)26)19-28(34)31-23-11-3-2-4-12-23/h2-18H,19H2,1H3,(H,31,34)(H,32,35). The van der Waals surface area contributed by atoms with Crippen LogP contribution in [0.2, 0.25) is 0 Å². The smallest absolute Gasteiger partial charge is 0.275 e. The molecular formula is C29H24N4O3. The minimum Gasteiger partial charge on any atom is -0.496 e. The Morgan fingerprint density at radius 1 is 0.917 bits per heavy atom. The highest BCUT2D eigenvalue weighted by Gasteiger charge is 2.14. The number of carbonyl (C=O) groups is 2. The molecule has 0 aliphatic heterocycles. The Kier molecular flexibility index (Phi) is 6.44. The Balaban J connectivity index is 1.35. The summed E-state index contributed by atoms with van der Waals surface area (Å²) in [5, 5.41) is 9.93. The van der Waals surface area contributed by atoms with E-state index in [0.29, 0.717) is 11.3 Å². The Morgan fingerprint density at radius 2 is 1.61 bits per heavy atom. The highest BCUT2D eigenvalue weighted by atomic mass is 16.5. The molecule has 0 saturated carbocycles. The van der Waals surface area contributed by atoms with E-state index in [-0.39, 0.29) is 18.4 Å². The Labute approximate surface area is 208 Å². The fraction of sp³-hybridized carbons (Fsp3) is 0.0690. The summed E-state index contributed by atoms with van der Waals surface area (Å²) in [6.45, 7) is 0.143. The van der Waals surface area contributed by atoms with Crippen LogP contribution in [0.5, 0.6) is 5.75 Å². The molecule has 0 unspecified atom stereocenters. The highest BCUT2D eigenvalue weighted by molar-refractivity contribution is 6.03. The van der Waals surface area contributed by atoms with Crippen LogP contribution in [-0.2, 0) is 11.3 Å². The van der Waals surface area contributed by atoms with Gasteiger partial charge in [0.05, 0.1) is 18.9 Å². The summed E-state index contributed by atoms with van der Waals surface area (Å²) < 4.78 is 7.29. The van der Waals surface area contributed by atoms with Gasteiger partial charge in [-0.05, 0) is 41.1 Å². The van der Waals surface area contributed by atoms with Crippen LogP contribution < -0.4 is 15.5 Å². The third-order valence-corrected chi connectivity index (χ3v) is 5.87. The van der Waals surface area contributed by atoms with E-state index in [0.717, 1.165) is 32.9 Å². The van der Waals surface area contributed by atoms with Gasteiger partial charge in [0.2, 0.25) is 5.91 Å². The summed E-state index contributed by atoms with van der Waals surface area (Å²) in [6, 6.07) is 28.5. The number of nitrogens with one attached hydrogen (secondary N) is 2. The Hall–Kier alpha value is -4.91. The number of ether oxygens (including phenoxy) is 1. The molecule has 1 aromatic heterocycles. The second-order valence-electron chi connectivity index (χ2n) is 8.24. The summed E-state index contributed by atoms with van der Waals surface area (Å²) >= 11 is 0. The number of anilines is 1. The molecule has 0 bridgehead atoms. The maximum atomic E-state index is 12.9. The van der Waals surface area contributed by atoms with Crippen LogP contribution >= 0.6 is 0 Å². The van der Waals surface area contributed by atoms with Gasteiger partial charge in [-0.15, -0.1) is 0 Å². The normalized spacial score (nSPS) is 11.1. The van der Waals surface area contributed by atoms with E-state index in [1.54, 1.807) is 12.3 Å². The Morgan fingerprint density at radius 3 is 2.39 bits per heavy atom. The lowest BCUT2D eigenvalue weighted by Crippen LogP contribution is -2.18. The van der Waals surface area contributed by atoms with Crippen LogP contribution in [0.25, 0.3) is 21.7 Å². The van der Waals surface area contributed by atoms with Crippen LogP contribution in [0.3, 0.4) is 0 Å². The number of hydrogen-bond acceptors (Lipinski definition) is 4. The molecule has 2 amide bonds. The van der Waals surface area contributed by atoms with Gasteiger partial charge < -0.3 is 14.6 Å². The van der Waals surface area contributed by atoms with Gasteiger partial charge in [0.15, 0.2) is 0 Å². The van der Waals surface area contributed by atoms with Gasteiger partial charge >= 0.3 is 0 Å². The average Bonchev–Trinajstić information content (AvgIpc) is 3.25. The van der Waals surface area contributed by atoms with Crippen molar-refractivity contribution in [3.05, 3.63) is 108 Å². The van der Waals surface area contributed by atoms with E-state index in [4.69, 9.17) is 4.74 Å². The van der Waals surface area contributed by atoms with Crippen molar-refractivity contribution in [3.63, 3.8) is 0 Å². The minimum absolute atomic E-state index is 0.137. The fourth-order valence-corrected chi connectivity index (χ4v) is 4.17. The van der Waals surface area contributed by atoms with E-state index >= 15 is 0 Å². The first kappa shape index (κ1) is 22.9. The summed E-state index contributed by atoms with van der Waals surface area (Å²) in [4.78, 5) is 25.5. The SMILES string of the molecule is COc1cc2ccccc2cc1C(=O)NN=Cc1cn(CC(=O)Nc2ccccc2)c2ccccc12. The van der Waals surface area contributed by atoms with Gasteiger partial charge in [0.25, 0.3) is 5.91 Å². The van der Waals surface area contributed by atoms with Gasteiger partial charge in [0.1, 0.15) is 12.3 Å². The molecule has 7 nitrogen and oxygen atoms in total. The number of nitrogens with zero attached hydrogens (tertiary/aromatic N) is 2. The zero-order chi connectivity index (χ0) is 24.9. The first-order chi connectivity index (χ1) is 17.6. The van der Waals surface area contributed by atoms with E-state index in [1.165, 1.54) is 7.11 Å². The third-order valence-electron chi connectivity index (χ3n) is 5.87. The van der Waals surface area contributed by atoms with Crippen molar-refractivity contribution in [1.82, 2.24) is 9.99 Å². The van der Waals surface area contributed by atoms with Gasteiger partial charge in [-0.1, -0.05) is 60.7 Å². The number of para-hydroxylation sites is 2. The number of fused-ring (bicyclic) bond motifs is 2. The van der Waals surface area contributed by atoms with Gasteiger partial charge in [-0.3, -0.25) is 9.59 Å². The number of rotatable bonds is 7. The van der Waals surface area contributed by atoms with Crippen molar-refractivity contribution in [2.24, 2.45) is 5.10 Å². The average molecular weight is 477 g/mol. The van der Waals surface area contributed by atoms with Crippen molar-refractivity contribution in [3.8, 4) is 5.75 Å². The second-order valence-corrected chi connectivity index (χ2v) is 8.24. The van der Waals surface area contributed by atoms with E-state index in [1.807, 2.05) is 95.7 Å². The van der Waals surface area contributed by atoms with Gasteiger partial charge in [-0.25, -0.2) is 5.43 Å². The van der Waals surface area contributed by atoms with E-state index in [9.17, 15) is 9.59 Å². The molecule has 1 heterocycles. The molecule has 5 rings (SSSR count). The molecule has 2 N–H and O–H groups in total. The summed E-state index contributed by atoms with van der Waals surface area (Å²) in [6.07, 6.45) is 3.43. The molecule has 0 saturated heterocycles. The number of hydrogen-bond donors (Lipinski definition) is 2. The number of aromatic nitrogens is 1. The molecule has 0 aliphatic carbocycles. The van der Waals surface area contributed by atoms with Crippen molar-refractivity contribution in [2.75, 3.05) is 12.4 Å². The molecule has 36 heavy (non-hydrogen) atoms. The number of hydrazone groups is 1. The number of carbonyl (C=O) groups excluding carboxylic acids is 2. The second kappa shape index (κ2) is 10.1. The minimum atomic E-state index is -0.375. The monoisotopic (exact) mass is 476 g/mol. The molecule has 0 spiro atoms. The molecule has 178 valence electrons. The largest absolute Gasteiger partial charge is 0.496 e. The molecule has 7 heteroatoms. The third kappa shape index (κ3) is 4.81. The molecular weight excluding hydrogens is 452 g/mol. The molecule has 4 aromatic carbocycles. The van der Waals surface area contributed by atoms with E-state index in [2.05, 4.69) is 15.8 Å². The molecule has 0 fully saturated rings. The number of benzene rings is 4. The molecule has 0 radical (unpaired) electrons. The molecule has 0 atom stereocenters. The summed E-state index contributed by atoms with van der Waals surface area (Å²) in [5.41, 5.74) is 5.41. The highest BCUT2D eigenvalue weighted by Crippen LogP contribution is 2.26. The van der Waals surface area contributed by atoms with Gasteiger partial charge in [0, 0.05) is 28.4 Å². The van der Waals surface area contributed by atoms with Crippen LogP contribution in [0.15, 0.2) is 102 Å². The topological polar surface area (TPSA) is 84.7 Å². The van der Waals surface area contributed by atoms with E-state index < -0.39 is 0 Å². The Bertz CT molecular complexity index is 1590. The zero-order valence-corrected chi connectivity index (χ0v) is 19.6. The summed E-state index contributed by atoms with van der Waals surface area (Å²) in [7, 11) is 1.53. The number of amides is 2. The van der Waals surface area contributed by atoms with Crippen molar-refractivity contribution in [2.45, 2.75) is 6.54 Å². The maximum absolute atomic E-state index is 12.9. The first-order valence-electron chi connectivity index (χ1n) is 11.5. The lowest BCUT2D eigenvalue weighted by atomic mass is 10.1. The van der Waals surface area contributed by atoms with Crippen LogP contribution in [0, 0.1) is 0 Å². The lowest BCUT2D eigenvalue weighted by Gasteiger charge is -2.09. The lowest BCUT2D eigenvalue weighted by molar-refractivity contribution is -0.116. The van der Waals surface area contributed by atoms with Crippen molar-refractivity contribution in [1.29, 1.82) is 0 Å².